The lowest BCUT2D eigenvalue weighted by atomic mass is 9.97. The zero-order valence-corrected chi connectivity index (χ0v) is 17.1. The van der Waals surface area contributed by atoms with Gasteiger partial charge >= 0.3 is 0 Å². The lowest BCUT2D eigenvalue weighted by molar-refractivity contribution is -0.384. The summed E-state index contributed by atoms with van der Waals surface area (Å²) in [5.74, 6) is -0.364. The first kappa shape index (κ1) is 19.7. The van der Waals surface area contributed by atoms with Gasteiger partial charge in [-0.05, 0) is 42.3 Å². The molecular weight excluding hydrogens is 408 g/mol. The van der Waals surface area contributed by atoms with E-state index in [2.05, 4.69) is 0 Å². The molecule has 1 atom stereocenters. The highest BCUT2D eigenvalue weighted by molar-refractivity contribution is 5.99. The third kappa shape index (κ3) is 3.15. The second-order valence-electron chi connectivity index (χ2n) is 7.84. The van der Waals surface area contributed by atoms with Gasteiger partial charge < -0.3 is 9.32 Å². The quantitative estimate of drug-likeness (QED) is 0.347. The van der Waals surface area contributed by atoms with Crippen LogP contribution >= 0.6 is 0 Å². The number of nitro benzene ring substituents is 1. The maximum Gasteiger partial charge on any atom is 0.291 e. The first-order chi connectivity index (χ1) is 15.4. The van der Waals surface area contributed by atoms with E-state index in [0.29, 0.717) is 16.5 Å². The van der Waals surface area contributed by atoms with Crippen molar-refractivity contribution in [2.75, 3.05) is 0 Å². The summed E-state index contributed by atoms with van der Waals surface area (Å²) in [6.07, 6.45) is 0. The van der Waals surface area contributed by atoms with Gasteiger partial charge in [0, 0.05) is 18.7 Å². The fourth-order valence-corrected chi connectivity index (χ4v) is 4.20. The molecule has 0 saturated heterocycles. The lowest BCUT2D eigenvalue weighted by Gasteiger charge is -2.25. The molecule has 1 aliphatic heterocycles. The number of amides is 1. The summed E-state index contributed by atoms with van der Waals surface area (Å²) in [5, 5.41) is 11.5. The molecule has 32 heavy (non-hydrogen) atoms. The van der Waals surface area contributed by atoms with E-state index in [1.54, 1.807) is 29.2 Å². The normalized spacial score (nSPS) is 15.2. The highest BCUT2D eigenvalue weighted by Gasteiger charge is 2.42. The number of fused-ring (bicyclic) bond motifs is 2. The molecular formula is C25H18N2O5. The SMILES string of the molecule is Cc1ccc2oc3c(c(=O)c2c1)C(c1ccc([N+](=O)[O-])cc1)N(Cc1ccccc1)C3=O. The van der Waals surface area contributed by atoms with E-state index in [9.17, 15) is 19.7 Å². The number of nitro groups is 1. The number of non-ortho nitro benzene ring substituents is 1. The fraction of sp³-hybridized carbons (Fsp3) is 0.120. The molecule has 0 fully saturated rings. The predicted octanol–water partition coefficient (Wildman–Crippen LogP) is 4.76. The number of carbonyl (C=O) groups excluding carboxylic acids is 1. The van der Waals surface area contributed by atoms with Crippen molar-refractivity contribution in [3.8, 4) is 0 Å². The van der Waals surface area contributed by atoms with Crippen LogP contribution in [-0.2, 0) is 6.54 Å². The Kier molecular flexibility index (Phi) is 4.59. The highest BCUT2D eigenvalue weighted by Crippen LogP contribution is 2.39. The van der Waals surface area contributed by atoms with Crippen LogP contribution < -0.4 is 5.43 Å². The molecule has 0 saturated carbocycles. The molecule has 1 unspecified atom stereocenters. The van der Waals surface area contributed by atoms with Crippen LogP contribution in [0.3, 0.4) is 0 Å². The Hall–Kier alpha value is -4.26. The number of carbonyl (C=O) groups is 1. The maximum atomic E-state index is 13.5. The minimum absolute atomic E-state index is 0.0191. The number of hydrogen-bond donors (Lipinski definition) is 0. The monoisotopic (exact) mass is 426 g/mol. The van der Waals surface area contributed by atoms with Crippen molar-refractivity contribution in [2.45, 2.75) is 19.5 Å². The zero-order valence-electron chi connectivity index (χ0n) is 17.1. The predicted molar refractivity (Wildman–Crippen MR) is 118 cm³/mol. The van der Waals surface area contributed by atoms with E-state index >= 15 is 0 Å². The molecule has 158 valence electrons. The van der Waals surface area contributed by atoms with Crippen LogP contribution in [0.5, 0.6) is 0 Å². The molecule has 0 bridgehead atoms. The van der Waals surface area contributed by atoms with Crippen LogP contribution in [0, 0.1) is 17.0 Å². The van der Waals surface area contributed by atoms with Crippen molar-refractivity contribution in [1.29, 1.82) is 0 Å². The average Bonchev–Trinajstić information content (AvgIpc) is 3.07. The summed E-state index contributed by atoms with van der Waals surface area (Å²) in [7, 11) is 0. The Bertz CT molecular complexity index is 1420. The van der Waals surface area contributed by atoms with Crippen molar-refractivity contribution >= 4 is 22.6 Å². The van der Waals surface area contributed by atoms with Crippen LogP contribution in [0.1, 0.15) is 38.9 Å². The topological polar surface area (TPSA) is 93.7 Å². The summed E-state index contributed by atoms with van der Waals surface area (Å²) < 4.78 is 5.93. The second-order valence-corrected chi connectivity index (χ2v) is 7.84. The number of aryl methyl sites for hydroxylation is 1. The molecule has 3 aromatic carbocycles. The Morgan fingerprint density at radius 3 is 2.41 bits per heavy atom. The molecule has 0 aliphatic carbocycles. The molecule has 0 spiro atoms. The number of hydrogen-bond acceptors (Lipinski definition) is 5. The van der Waals surface area contributed by atoms with Crippen molar-refractivity contribution in [2.24, 2.45) is 0 Å². The molecule has 4 aromatic rings. The van der Waals surface area contributed by atoms with Gasteiger partial charge in [-0.2, -0.15) is 0 Å². The Morgan fingerprint density at radius 2 is 1.72 bits per heavy atom. The van der Waals surface area contributed by atoms with Crippen LogP contribution in [0.25, 0.3) is 11.0 Å². The van der Waals surface area contributed by atoms with Crippen molar-refractivity contribution in [1.82, 2.24) is 4.90 Å². The molecule has 1 aliphatic rings. The minimum Gasteiger partial charge on any atom is -0.450 e. The third-order valence-electron chi connectivity index (χ3n) is 5.74. The van der Waals surface area contributed by atoms with E-state index in [0.717, 1.165) is 11.1 Å². The van der Waals surface area contributed by atoms with Gasteiger partial charge in [-0.25, -0.2) is 0 Å². The highest BCUT2D eigenvalue weighted by atomic mass is 16.6. The van der Waals surface area contributed by atoms with E-state index < -0.39 is 11.0 Å². The van der Waals surface area contributed by atoms with Crippen LogP contribution in [0.2, 0.25) is 0 Å². The molecule has 5 rings (SSSR count). The lowest BCUT2D eigenvalue weighted by Crippen LogP contribution is -2.29. The van der Waals surface area contributed by atoms with E-state index in [1.807, 2.05) is 43.3 Å². The van der Waals surface area contributed by atoms with Gasteiger partial charge in [0.05, 0.1) is 21.9 Å². The summed E-state index contributed by atoms with van der Waals surface area (Å²) >= 11 is 0. The first-order valence-electron chi connectivity index (χ1n) is 10.1. The van der Waals surface area contributed by atoms with Gasteiger partial charge in [-0.1, -0.05) is 42.0 Å². The molecule has 0 radical (unpaired) electrons. The van der Waals surface area contributed by atoms with Crippen molar-refractivity contribution < 1.29 is 14.1 Å². The minimum atomic E-state index is -0.709. The molecule has 1 aromatic heterocycles. The smallest absolute Gasteiger partial charge is 0.291 e. The molecule has 1 amide bonds. The molecule has 0 N–H and O–H groups in total. The van der Waals surface area contributed by atoms with E-state index in [-0.39, 0.29) is 34.9 Å². The summed E-state index contributed by atoms with van der Waals surface area (Å²) in [6.45, 7) is 2.15. The number of rotatable bonds is 4. The van der Waals surface area contributed by atoms with Gasteiger partial charge in [-0.3, -0.25) is 19.7 Å². The standard InChI is InChI=1S/C25H18N2O5/c1-15-7-12-20-19(13-15)23(28)21-22(17-8-10-18(11-9-17)27(30)31)26(25(29)24(21)32-20)14-16-5-3-2-4-6-16/h2-13,22H,14H2,1H3. The molecule has 2 heterocycles. The first-order valence-corrected chi connectivity index (χ1v) is 10.1. The molecule has 7 heteroatoms. The van der Waals surface area contributed by atoms with Gasteiger partial charge in [0.15, 0.2) is 5.43 Å². The number of nitrogens with zero attached hydrogens (tertiary/aromatic N) is 2. The van der Waals surface area contributed by atoms with Gasteiger partial charge in [-0.15, -0.1) is 0 Å². The second kappa shape index (κ2) is 7.46. The largest absolute Gasteiger partial charge is 0.450 e. The summed E-state index contributed by atoms with van der Waals surface area (Å²) in [4.78, 5) is 39.1. The van der Waals surface area contributed by atoms with E-state index in [1.165, 1.54) is 12.1 Å². The van der Waals surface area contributed by atoms with E-state index in [4.69, 9.17) is 4.42 Å². The average molecular weight is 426 g/mol. The summed E-state index contributed by atoms with van der Waals surface area (Å²) in [5.41, 5.74) is 2.70. The third-order valence-corrected chi connectivity index (χ3v) is 5.74. The van der Waals surface area contributed by atoms with Gasteiger partial charge in [0.2, 0.25) is 5.76 Å². The Labute approximate surface area is 182 Å². The number of benzene rings is 3. The fourth-order valence-electron chi connectivity index (χ4n) is 4.20. The van der Waals surface area contributed by atoms with Gasteiger partial charge in [0.1, 0.15) is 5.58 Å². The van der Waals surface area contributed by atoms with Crippen molar-refractivity contribution in [3.05, 3.63) is 121 Å². The van der Waals surface area contributed by atoms with Gasteiger partial charge in [0.25, 0.3) is 11.6 Å². The van der Waals surface area contributed by atoms with Crippen LogP contribution in [0.4, 0.5) is 5.69 Å². The van der Waals surface area contributed by atoms with Crippen molar-refractivity contribution in [3.63, 3.8) is 0 Å². The zero-order chi connectivity index (χ0) is 22.4. The van der Waals surface area contributed by atoms with Crippen LogP contribution in [0.15, 0.2) is 82.0 Å². The maximum absolute atomic E-state index is 13.5. The Balaban J connectivity index is 1.72. The molecule has 7 nitrogen and oxygen atoms in total. The summed E-state index contributed by atoms with van der Waals surface area (Å²) in [6, 6.07) is 19.9. The Morgan fingerprint density at radius 1 is 1.00 bits per heavy atom. The van der Waals surface area contributed by atoms with Crippen LogP contribution in [-0.4, -0.2) is 15.7 Å².